The van der Waals surface area contributed by atoms with Gasteiger partial charge >= 0.3 is 0 Å². The third-order valence-corrected chi connectivity index (χ3v) is 6.93. The number of rotatable bonds is 5. The largest absolute Gasteiger partial charge is 0.454 e. The lowest BCUT2D eigenvalue weighted by molar-refractivity contribution is 0.0710. The van der Waals surface area contributed by atoms with Gasteiger partial charge in [0.05, 0.1) is 11.3 Å². The highest BCUT2D eigenvalue weighted by Gasteiger charge is 2.28. The molecule has 2 amide bonds. The highest BCUT2D eigenvalue weighted by atomic mass is 79.9. The maximum absolute atomic E-state index is 13.1. The van der Waals surface area contributed by atoms with E-state index in [1.54, 1.807) is 0 Å². The van der Waals surface area contributed by atoms with E-state index in [0.29, 0.717) is 36.5 Å². The van der Waals surface area contributed by atoms with Crippen molar-refractivity contribution in [3.05, 3.63) is 87.1 Å². The van der Waals surface area contributed by atoms with Gasteiger partial charge in [0.15, 0.2) is 11.5 Å². The Morgan fingerprint density at radius 2 is 1.86 bits per heavy atom. The van der Waals surface area contributed by atoms with E-state index < -0.39 is 0 Å². The summed E-state index contributed by atoms with van der Waals surface area (Å²) >= 11 is 3.43. The van der Waals surface area contributed by atoms with Crippen molar-refractivity contribution in [1.82, 2.24) is 15.2 Å². The highest BCUT2D eigenvalue weighted by molar-refractivity contribution is 9.10. The van der Waals surface area contributed by atoms with Gasteiger partial charge in [-0.3, -0.25) is 14.6 Å². The van der Waals surface area contributed by atoms with Gasteiger partial charge in [-0.25, -0.2) is 0 Å². The molecule has 35 heavy (non-hydrogen) atoms. The van der Waals surface area contributed by atoms with Gasteiger partial charge < -0.3 is 19.7 Å². The van der Waals surface area contributed by atoms with Crippen molar-refractivity contribution in [2.45, 2.75) is 32.2 Å². The number of halogens is 1. The van der Waals surface area contributed by atoms with Crippen molar-refractivity contribution in [1.29, 1.82) is 0 Å². The standard InChI is InChI=1S/C27H26BrN3O4/c1-17-5-7-22(26(32)29-15-18-6-8-23-24(13-18)35-16-34-23)25(30-17)19-9-11-31(12-10-19)27(33)20-3-2-4-21(28)14-20/h2-8,13-14,19H,9-12,15-16H2,1H3,(H,29,32). The third-order valence-electron chi connectivity index (χ3n) is 6.44. The molecule has 2 aliphatic heterocycles. The fourth-order valence-electron chi connectivity index (χ4n) is 4.57. The molecular weight excluding hydrogens is 510 g/mol. The van der Waals surface area contributed by atoms with Crippen LogP contribution in [0.4, 0.5) is 0 Å². The van der Waals surface area contributed by atoms with Crippen LogP contribution in [0.5, 0.6) is 11.5 Å². The molecule has 2 aromatic carbocycles. The molecule has 5 rings (SSSR count). The van der Waals surface area contributed by atoms with E-state index in [1.807, 2.05) is 66.4 Å². The molecule has 0 atom stereocenters. The van der Waals surface area contributed by atoms with Crippen LogP contribution in [0.2, 0.25) is 0 Å². The van der Waals surface area contributed by atoms with E-state index in [9.17, 15) is 9.59 Å². The first kappa shape index (κ1) is 23.4. The second kappa shape index (κ2) is 10.1. The number of carbonyl (C=O) groups excluding carboxylic acids is 2. The molecular formula is C27H26BrN3O4. The first-order valence-corrected chi connectivity index (χ1v) is 12.5. The molecule has 0 aliphatic carbocycles. The van der Waals surface area contributed by atoms with Gasteiger partial charge in [0.2, 0.25) is 6.79 Å². The summed E-state index contributed by atoms with van der Waals surface area (Å²) in [6.07, 6.45) is 1.53. The van der Waals surface area contributed by atoms with Crippen LogP contribution in [0.1, 0.15) is 56.4 Å². The van der Waals surface area contributed by atoms with Crippen LogP contribution in [-0.4, -0.2) is 41.6 Å². The minimum absolute atomic E-state index is 0.0312. The maximum atomic E-state index is 13.1. The Kier molecular flexibility index (Phi) is 6.72. The van der Waals surface area contributed by atoms with Crippen molar-refractivity contribution < 1.29 is 19.1 Å². The van der Waals surface area contributed by atoms with Gasteiger partial charge in [-0.1, -0.05) is 28.1 Å². The first-order chi connectivity index (χ1) is 17.0. The number of piperidine rings is 1. The molecule has 3 aromatic rings. The van der Waals surface area contributed by atoms with Gasteiger partial charge in [-0.15, -0.1) is 0 Å². The molecule has 1 N–H and O–H groups in total. The van der Waals surface area contributed by atoms with Gasteiger partial charge in [0.25, 0.3) is 11.8 Å². The number of benzene rings is 2. The summed E-state index contributed by atoms with van der Waals surface area (Å²) in [5.74, 6) is 1.41. The summed E-state index contributed by atoms with van der Waals surface area (Å²) in [5.41, 5.74) is 3.88. The number of aromatic nitrogens is 1. The van der Waals surface area contributed by atoms with E-state index in [4.69, 9.17) is 14.5 Å². The quantitative estimate of drug-likeness (QED) is 0.506. The number of nitrogens with one attached hydrogen (secondary N) is 1. The van der Waals surface area contributed by atoms with Crippen molar-refractivity contribution in [3.63, 3.8) is 0 Å². The predicted octanol–water partition coefficient (Wildman–Crippen LogP) is 4.83. The molecule has 180 valence electrons. The molecule has 1 fully saturated rings. The lowest BCUT2D eigenvalue weighted by Gasteiger charge is -2.32. The number of ether oxygens (including phenoxy) is 2. The zero-order valence-electron chi connectivity index (χ0n) is 19.4. The Morgan fingerprint density at radius 3 is 2.66 bits per heavy atom. The summed E-state index contributed by atoms with van der Waals surface area (Å²) in [5, 5.41) is 3.01. The van der Waals surface area contributed by atoms with E-state index in [-0.39, 0.29) is 24.5 Å². The average molecular weight is 536 g/mol. The molecule has 0 radical (unpaired) electrons. The fraction of sp³-hybridized carbons (Fsp3) is 0.296. The molecule has 8 heteroatoms. The molecule has 1 saturated heterocycles. The van der Waals surface area contributed by atoms with Gasteiger partial charge in [0, 0.05) is 41.3 Å². The van der Waals surface area contributed by atoms with Crippen LogP contribution < -0.4 is 14.8 Å². The molecule has 1 aromatic heterocycles. The number of amides is 2. The van der Waals surface area contributed by atoms with E-state index in [0.717, 1.165) is 40.0 Å². The molecule has 0 saturated carbocycles. The Labute approximate surface area is 212 Å². The minimum Gasteiger partial charge on any atom is -0.454 e. The highest BCUT2D eigenvalue weighted by Crippen LogP contribution is 2.33. The number of fused-ring (bicyclic) bond motifs is 1. The fourth-order valence-corrected chi connectivity index (χ4v) is 4.97. The normalized spacial score (nSPS) is 15.2. The van der Waals surface area contributed by atoms with E-state index in [2.05, 4.69) is 21.2 Å². The smallest absolute Gasteiger partial charge is 0.253 e. The summed E-state index contributed by atoms with van der Waals surface area (Å²) in [6, 6.07) is 16.8. The minimum atomic E-state index is -0.155. The second-order valence-electron chi connectivity index (χ2n) is 8.83. The predicted molar refractivity (Wildman–Crippen MR) is 135 cm³/mol. The molecule has 7 nitrogen and oxygen atoms in total. The van der Waals surface area contributed by atoms with Crippen LogP contribution in [0.25, 0.3) is 0 Å². The van der Waals surface area contributed by atoms with Crippen molar-refractivity contribution >= 4 is 27.7 Å². The Balaban J connectivity index is 1.25. The SMILES string of the molecule is Cc1ccc(C(=O)NCc2ccc3c(c2)OCO3)c(C2CCN(C(=O)c3cccc(Br)c3)CC2)n1. The first-order valence-electron chi connectivity index (χ1n) is 11.7. The summed E-state index contributed by atoms with van der Waals surface area (Å²) in [6.45, 7) is 3.79. The van der Waals surface area contributed by atoms with Crippen LogP contribution >= 0.6 is 15.9 Å². The Morgan fingerprint density at radius 1 is 1.06 bits per heavy atom. The average Bonchev–Trinajstić information content (AvgIpc) is 3.35. The molecule has 0 unspecified atom stereocenters. The number of nitrogens with zero attached hydrogens (tertiary/aromatic N) is 2. The van der Waals surface area contributed by atoms with Gasteiger partial charge in [-0.2, -0.15) is 0 Å². The lowest BCUT2D eigenvalue weighted by Crippen LogP contribution is -2.38. The second-order valence-corrected chi connectivity index (χ2v) is 9.75. The molecule has 2 aliphatic rings. The van der Waals surface area contributed by atoms with Gasteiger partial charge in [0.1, 0.15) is 0 Å². The third kappa shape index (κ3) is 5.17. The summed E-state index contributed by atoms with van der Waals surface area (Å²) in [7, 11) is 0. The Bertz CT molecular complexity index is 1270. The number of pyridine rings is 1. The molecule has 0 bridgehead atoms. The zero-order valence-corrected chi connectivity index (χ0v) is 21.0. The lowest BCUT2D eigenvalue weighted by atomic mass is 9.89. The zero-order chi connectivity index (χ0) is 24.4. The Hall–Kier alpha value is -3.39. The number of aryl methyl sites for hydroxylation is 1. The van der Waals surface area contributed by atoms with Crippen molar-refractivity contribution in [2.75, 3.05) is 19.9 Å². The van der Waals surface area contributed by atoms with Crippen molar-refractivity contribution in [3.8, 4) is 11.5 Å². The summed E-state index contributed by atoms with van der Waals surface area (Å²) in [4.78, 5) is 32.7. The summed E-state index contributed by atoms with van der Waals surface area (Å²) < 4.78 is 11.7. The monoisotopic (exact) mass is 535 g/mol. The van der Waals surface area contributed by atoms with E-state index >= 15 is 0 Å². The van der Waals surface area contributed by atoms with Crippen LogP contribution in [0.15, 0.2) is 59.1 Å². The number of hydrogen-bond donors (Lipinski definition) is 1. The number of likely N-dealkylation sites (tertiary alicyclic amines) is 1. The molecule has 0 spiro atoms. The van der Waals surface area contributed by atoms with E-state index in [1.165, 1.54) is 0 Å². The van der Waals surface area contributed by atoms with Gasteiger partial charge in [-0.05, 0) is 67.8 Å². The number of carbonyl (C=O) groups is 2. The van der Waals surface area contributed by atoms with Crippen LogP contribution in [-0.2, 0) is 6.54 Å². The van der Waals surface area contributed by atoms with Crippen LogP contribution in [0.3, 0.4) is 0 Å². The molecule has 3 heterocycles. The van der Waals surface area contributed by atoms with Crippen LogP contribution in [0, 0.1) is 6.92 Å². The topological polar surface area (TPSA) is 80.8 Å². The number of hydrogen-bond acceptors (Lipinski definition) is 5. The maximum Gasteiger partial charge on any atom is 0.253 e. The van der Waals surface area contributed by atoms with Crippen molar-refractivity contribution in [2.24, 2.45) is 0 Å².